The minimum atomic E-state index is -3.11. The molecule has 0 spiro atoms. The van der Waals surface area contributed by atoms with Gasteiger partial charge in [0.2, 0.25) is 5.75 Å². The van der Waals surface area contributed by atoms with E-state index in [1.54, 1.807) is 0 Å². The molecule has 1 aromatic rings. The fourth-order valence-electron chi connectivity index (χ4n) is 2.90. The van der Waals surface area contributed by atoms with E-state index in [0.29, 0.717) is 36.9 Å². The summed E-state index contributed by atoms with van der Waals surface area (Å²) in [5, 5.41) is 2.60. The lowest BCUT2D eigenvalue weighted by molar-refractivity contribution is -0.129. The van der Waals surface area contributed by atoms with Crippen molar-refractivity contribution < 1.29 is 37.0 Å². The van der Waals surface area contributed by atoms with Crippen LogP contribution in [0.1, 0.15) is 23.7 Å². The van der Waals surface area contributed by atoms with E-state index in [1.807, 2.05) is 0 Å². The third kappa shape index (κ3) is 4.44. The topological polar surface area (TPSA) is 117 Å². The number of amides is 1. The smallest absolute Gasteiger partial charge is 0.339 e. The Morgan fingerprint density at radius 2 is 2.00 bits per heavy atom. The van der Waals surface area contributed by atoms with Gasteiger partial charge in [-0.25, -0.2) is 13.2 Å². The molecular weight excluding hydrogens is 378 g/mol. The van der Waals surface area contributed by atoms with Crippen LogP contribution in [0.4, 0.5) is 0 Å². The van der Waals surface area contributed by atoms with Gasteiger partial charge in [0.1, 0.15) is 13.2 Å². The summed E-state index contributed by atoms with van der Waals surface area (Å²) in [5.41, 5.74) is 0.152. The largest absolute Gasteiger partial charge is 0.493 e. The molecule has 0 radical (unpaired) electrons. The van der Waals surface area contributed by atoms with E-state index in [4.69, 9.17) is 18.9 Å². The highest BCUT2D eigenvalue weighted by Gasteiger charge is 2.31. The zero-order valence-corrected chi connectivity index (χ0v) is 15.8. The maximum Gasteiger partial charge on any atom is 0.339 e. The quantitative estimate of drug-likeness (QED) is 0.704. The number of sulfone groups is 1. The summed E-state index contributed by atoms with van der Waals surface area (Å²) < 4.78 is 44.3. The Bertz CT molecular complexity index is 833. The number of nitrogens with one attached hydrogen (secondary N) is 1. The molecule has 2 aliphatic rings. The van der Waals surface area contributed by atoms with E-state index in [1.165, 1.54) is 26.2 Å². The molecule has 2 heterocycles. The van der Waals surface area contributed by atoms with Gasteiger partial charge in [-0.15, -0.1) is 0 Å². The van der Waals surface area contributed by atoms with Crippen LogP contribution in [-0.2, 0) is 19.4 Å². The summed E-state index contributed by atoms with van der Waals surface area (Å²) in [4.78, 5) is 24.6. The Morgan fingerprint density at radius 3 is 2.67 bits per heavy atom. The van der Waals surface area contributed by atoms with Crippen LogP contribution < -0.4 is 19.5 Å². The van der Waals surface area contributed by atoms with Crippen molar-refractivity contribution in [3.05, 3.63) is 17.7 Å². The van der Waals surface area contributed by atoms with Crippen molar-refractivity contribution in [3.8, 4) is 17.2 Å². The Hall–Kier alpha value is -2.49. The number of fused-ring (bicyclic) bond motifs is 1. The zero-order valence-electron chi connectivity index (χ0n) is 15.0. The number of ether oxygens (including phenoxy) is 4. The molecule has 27 heavy (non-hydrogen) atoms. The van der Waals surface area contributed by atoms with Gasteiger partial charge < -0.3 is 24.3 Å². The molecule has 148 valence electrons. The Kier molecular flexibility index (Phi) is 5.45. The number of benzene rings is 1. The van der Waals surface area contributed by atoms with Crippen LogP contribution in [0, 0.1) is 0 Å². The fourth-order valence-corrected chi connectivity index (χ4v) is 4.57. The number of carbonyl (C=O) groups excluding carboxylic acids is 2. The number of hydrogen-bond donors (Lipinski definition) is 1. The number of methoxy groups -OCH3 is 1. The van der Waals surface area contributed by atoms with Crippen LogP contribution in [-0.4, -0.2) is 64.3 Å². The van der Waals surface area contributed by atoms with Crippen LogP contribution in [0.3, 0.4) is 0 Å². The molecule has 2 atom stereocenters. The molecule has 1 fully saturated rings. The molecule has 10 heteroatoms. The van der Waals surface area contributed by atoms with Gasteiger partial charge in [-0.1, -0.05) is 0 Å². The van der Waals surface area contributed by atoms with Gasteiger partial charge in [0.15, 0.2) is 27.4 Å². The number of carbonyl (C=O) groups is 2. The SMILES string of the molecule is COc1cc(C(=O)O[C@@H](C)C(=O)N[C@@H]2CCS(=O)(=O)C2)cc2c1OCCO2. The molecule has 1 aromatic carbocycles. The molecule has 0 bridgehead atoms. The maximum absolute atomic E-state index is 12.4. The second-order valence-electron chi connectivity index (χ2n) is 6.36. The van der Waals surface area contributed by atoms with Crippen molar-refractivity contribution in [2.24, 2.45) is 0 Å². The summed E-state index contributed by atoms with van der Waals surface area (Å²) in [6.07, 6.45) is -0.728. The van der Waals surface area contributed by atoms with Crippen LogP contribution in [0.15, 0.2) is 12.1 Å². The molecule has 0 aromatic heterocycles. The highest BCUT2D eigenvalue weighted by molar-refractivity contribution is 7.91. The average Bonchev–Trinajstić information content (AvgIpc) is 2.98. The summed E-state index contributed by atoms with van der Waals surface area (Å²) in [6, 6.07) is 2.45. The lowest BCUT2D eigenvalue weighted by atomic mass is 10.1. The van der Waals surface area contributed by atoms with Crippen LogP contribution >= 0.6 is 0 Å². The third-order valence-electron chi connectivity index (χ3n) is 4.30. The second kappa shape index (κ2) is 7.63. The molecule has 9 nitrogen and oxygen atoms in total. The number of esters is 1. The lowest BCUT2D eigenvalue weighted by Gasteiger charge is -2.21. The molecule has 1 N–H and O–H groups in total. The first kappa shape index (κ1) is 19.3. The van der Waals surface area contributed by atoms with E-state index < -0.39 is 33.9 Å². The standard InChI is InChI=1S/C17H21NO8S/c1-10(16(19)18-12-3-6-27(21,22)9-12)26-17(20)11-7-13(23-2)15-14(8-11)24-4-5-25-15/h7-8,10,12H,3-6,9H2,1-2H3,(H,18,19)/t10-,12+/m0/s1. The molecular formula is C17H21NO8S. The van der Waals surface area contributed by atoms with Crippen molar-refractivity contribution in [3.63, 3.8) is 0 Å². The molecule has 0 saturated carbocycles. The third-order valence-corrected chi connectivity index (χ3v) is 6.06. The monoisotopic (exact) mass is 399 g/mol. The molecule has 3 rings (SSSR count). The summed E-state index contributed by atoms with van der Waals surface area (Å²) >= 11 is 0. The van der Waals surface area contributed by atoms with Gasteiger partial charge in [-0.05, 0) is 25.5 Å². The fraction of sp³-hybridized carbons (Fsp3) is 0.529. The van der Waals surface area contributed by atoms with Gasteiger partial charge in [-0.2, -0.15) is 0 Å². The maximum atomic E-state index is 12.4. The summed E-state index contributed by atoms with van der Waals surface area (Å²) in [6.45, 7) is 2.14. The number of rotatable bonds is 5. The van der Waals surface area contributed by atoms with Crippen molar-refractivity contribution in [1.82, 2.24) is 5.32 Å². The highest BCUT2D eigenvalue weighted by atomic mass is 32.2. The minimum Gasteiger partial charge on any atom is -0.493 e. The van der Waals surface area contributed by atoms with E-state index in [2.05, 4.69) is 5.32 Å². The summed E-state index contributed by atoms with van der Waals surface area (Å²) in [5.74, 6) is -0.231. The van der Waals surface area contributed by atoms with Crippen molar-refractivity contribution in [2.45, 2.75) is 25.5 Å². The predicted octanol–water partition coefficient (Wildman–Crippen LogP) is 0.315. The van der Waals surface area contributed by atoms with Crippen molar-refractivity contribution in [2.75, 3.05) is 31.8 Å². The van der Waals surface area contributed by atoms with Crippen molar-refractivity contribution in [1.29, 1.82) is 0 Å². The first-order chi connectivity index (χ1) is 12.8. The van der Waals surface area contributed by atoms with Gasteiger partial charge in [0, 0.05) is 6.04 Å². The molecule has 1 saturated heterocycles. The van der Waals surface area contributed by atoms with E-state index in [9.17, 15) is 18.0 Å². The predicted molar refractivity (Wildman–Crippen MR) is 94.1 cm³/mol. The second-order valence-corrected chi connectivity index (χ2v) is 8.59. The molecule has 0 unspecified atom stereocenters. The van der Waals surface area contributed by atoms with Crippen molar-refractivity contribution >= 4 is 21.7 Å². The Morgan fingerprint density at radius 1 is 1.26 bits per heavy atom. The normalized spacial score (nSPS) is 21.2. The molecule has 2 aliphatic heterocycles. The van der Waals surface area contributed by atoms with Gasteiger partial charge in [-0.3, -0.25) is 4.79 Å². The molecule has 0 aliphatic carbocycles. The Balaban J connectivity index is 1.65. The van der Waals surface area contributed by atoms with Gasteiger partial charge in [0.05, 0.1) is 24.2 Å². The minimum absolute atomic E-state index is 0.0447. The first-order valence-electron chi connectivity index (χ1n) is 8.48. The van der Waals surface area contributed by atoms with Crippen LogP contribution in [0.2, 0.25) is 0 Å². The van der Waals surface area contributed by atoms with Gasteiger partial charge >= 0.3 is 5.97 Å². The number of hydrogen-bond acceptors (Lipinski definition) is 8. The first-order valence-corrected chi connectivity index (χ1v) is 10.3. The van der Waals surface area contributed by atoms with Crippen LogP contribution in [0.25, 0.3) is 0 Å². The average molecular weight is 399 g/mol. The lowest BCUT2D eigenvalue weighted by Crippen LogP contribution is -2.42. The van der Waals surface area contributed by atoms with E-state index in [-0.39, 0.29) is 17.1 Å². The van der Waals surface area contributed by atoms with E-state index in [0.717, 1.165) is 0 Å². The highest BCUT2D eigenvalue weighted by Crippen LogP contribution is 2.40. The van der Waals surface area contributed by atoms with Crippen LogP contribution in [0.5, 0.6) is 17.2 Å². The zero-order chi connectivity index (χ0) is 19.6. The molecule has 1 amide bonds. The van der Waals surface area contributed by atoms with E-state index >= 15 is 0 Å². The summed E-state index contributed by atoms with van der Waals surface area (Å²) in [7, 11) is -1.67. The Labute approximate surface area is 156 Å². The van der Waals surface area contributed by atoms with Gasteiger partial charge in [0.25, 0.3) is 5.91 Å².